The van der Waals surface area contributed by atoms with E-state index in [4.69, 9.17) is 4.42 Å². The smallest absolute Gasteiger partial charge is 0.245 e. The molecule has 4 nitrogen and oxygen atoms in total. The van der Waals surface area contributed by atoms with E-state index in [1.54, 1.807) is 12.4 Å². The zero-order valence-corrected chi connectivity index (χ0v) is 9.02. The molecule has 0 aromatic carbocycles. The Morgan fingerprint density at radius 3 is 2.62 bits per heavy atom. The number of furan rings is 1. The second kappa shape index (κ2) is 3.56. The highest BCUT2D eigenvalue weighted by Crippen LogP contribution is 2.38. The average molecular weight is 218 g/mol. The molecule has 1 fully saturated rings. The third kappa shape index (κ3) is 1.50. The maximum Gasteiger partial charge on any atom is 0.245 e. The van der Waals surface area contributed by atoms with Gasteiger partial charge in [-0.25, -0.2) is 9.97 Å². The van der Waals surface area contributed by atoms with Crippen LogP contribution in [0.15, 0.2) is 22.9 Å². The van der Waals surface area contributed by atoms with Gasteiger partial charge < -0.3 is 9.52 Å². The largest absolute Gasteiger partial charge is 0.438 e. The van der Waals surface area contributed by atoms with Crippen LogP contribution in [-0.2, 0) is 5.60 Å². The maximum absolute atomic E-state index is 10.5. The molecule has 84 valence electrons. The van der Waals surface area contributed by atoms with Gasteiger partial charge in [0.2, 0.25) is 5.71 Å². The molecule has 0 amide bonds. The van der Waals surface area contributed by atoms with Crippen molar-refractivity contribution in [1.82, 2.24) is 9.97 Å². The Bertz CT molecular complexity index is 467. The molecular formula is C12H14N2O2. The van der Waals surface area contributed by atoms with Crippen molar-refractivity contribution in [3.63, 3.8) is 0 Å². The first kappa shape index (κ1) is 9.78. The van der Waals surface area contributed by atoms with E-state index in [9.17, 15) is 5.11 Å². The van der Waals surface area contributed by atoms with Crippen LogP contribution >= 0.6 is 0 Å². The maximum atomic E-state index is 10.5. The van der Waals surface area contributed by atoms with E-state index < -0.39 is 5.60 Å². The fraction of sp³-hybridized carbons (Fsp3) is 0.500. The van der Waals surface area contributed by atoms with Gasteiger partial charge in [0.15, 0.2) is 0 Å². The lowest BCUT2D eigenvalue weighted by atomic mass is 9.83. The third-order valence-electron chi connectivity index (χ3n) is 3.31. The second-order valence-corrected chi connectivity index (χ2v) is 4.45. The molecule has 0 radical (unpaired) electrons. The Balaban J connectivity index is 2.04. The summed E-state index contributed by atoms with van der Waals surface area (Å²) in [7, 11) is 0. The van der Waals surface area contributed by atoms with Gasteiger partial charge in [-0.3, -0.25) is 0 Å². The molecule has 16 heavy (non-hydrogen) atoms. The Morgan fingerprint density at radius 2 is 1.88 bits per heavy atom. The lowest BCUT2D eigenvalue weighted by Crippen LogP contribution is -2.27. The van der Waals surface area contributed by atoms with Crippen LogP contribution in [-0.4, -0.2) is 15.1 Å². The number of hydrogen-bond acceptors (Lipinski definition) is 4. The van der Waals surface area contributed by atoms with Gasteiger partial charge in [0.1, 0.15) is 16.9 Å². The van der Waals surface area contributed by atoms with Crippen molar-refractivity contribution in [3.8, 4) is 0 Å². The van der Waals surface area contributed by atoms with Crippen molar-refractivity contribution >= 4 is 11.2 Å². The van der Waals surface area contributed by atoms with Crippen LogP contribution in [0.25, 0.3) is 11.2 Å². The third-order valence-corrected chi connectivity index (χ3v) is 3.31. The van der Waals surface area contributed by atoms with Gasteiger partial charge in [0.05, 0.1) is 0 Å². The van der Waals surface area contributed by atoms with Gasteiger partial charge >= 0.3 is 0 Å². The van der Waals surface area contributed by atoms with Crippen LogP contribution in [0, 0.1) is 0 Å². The predicted molar refractivity (Wildman–Crippen MR) is 58.8 cm³/mol. The fourth-order valence-electron chi connectivity index (χ4n) is 2.38. The topological polar surface area (TPSA) is 59.2 Å². The summed E-state index contributed by atoms with van der Waals surface area (Å²) in [5.41, 5.74) is 0.425. The van der Waals surface area contributed by atoms with Crippen LogP contribution in [0.1, 0.15) is 37.9 Å². The molecule has 2 aromatic heterocycles. The normalized spacial score (nSPS) is 20.1. The van der Waals surface area contributed by atoms with E-state index in [1.807, 2.05) is 6.07 Å². The first-order chi connectivity index (χ1) is 7.78. The molecule has 4 heteroatoms. The fourth-order valence-corrected chi connectivity index (χ4v) is 2.38. The van der Waals surface area contributed by atoms with Crippen LogP contribution < -0.4 is 0 Å². The number of rotatable bonds is 1. The first-order valence-corrected chi connectivity index (χ1v) is 5.71. The Morgan fingerprint density at radius 1 is 1.12 bits per heavy atom. The van der Waals surface area contributed by atoms with Gasteiger partial charge in [-0.1, -0.05) is 19.3 Å². The summed E-state index contributed by atoms with van der Waals surface area (Å²) in [6.07, 6.45) is 8.06. The number of nitrogens with zero attached hydrogens (tertiary/aromatic N) is 2. The van der Waals surface area contributed by atoms with Gasteiger partial charge in [0, 0.05) is 18.5 Å². The van der Waals surface area contributed by atoms with E-state index in [-0.39, 0.29) is 0 Å². The summed E-state index contributed by atoms with van der Waals surface area (Å²) in [4.78, 5) is 8.25. The molecule has 0 saturated heterocycles. The first-order valence-electron chi connectivity index (χ1n) is 5.71. The van der Waals surface area contributed by atoms with Gasteiger partial charge in [-0.15, -0.1) is 0 Å². The standard InChI is InChI=1S/C12H14N2O2/c15-12(4-2-1-3-5-12)10-8-9-11(16-10)14-7-6-13-9/h6-8,15H,1-5H2. The molecule has 1 aliphatic carbocycles. The number of aliphatic hydroxyl groups is 1. The minimum atomic E-state index is -0.805. The highest BCUT2D eigenvalue weighted by molar-refractivity contribution is 5.68. The molecule has 3 rings (SSSR count). The van der Waals surface area contributed by atoms with Crippen molar-refractivity contribution in [1.29, 1.82) is 0 Å². The van der Waals surface area contributed by atoms with Crippen LogP contribution in [0.4, 0.5) is 0 Å². The molecular weight excluding hydrogens is 204 g/mol. The number of aromatic nitrogens is 2. The molecule has 1 N–H and O–H groups in total. The van der Waals surface area contributed by atoms with E-state index in [2.05, 4.69) is 9.97 Å². The van der Waals surface area contributed by atoms with Crippen LogP contribution in [0.3, 0.4) is 0 Å². The highest BCUT2D eigenvalue weighted by Gasteiger charge is 2.34. The van der Waals surface area contributed by atoms with Crippen LogP contribution in [0.5, 0.6) is 0 Å². The molecule has 0 aliphatic heterocycles. The van der Waals surface area contributed by atoms with E-state index in [0.717, 1.165) is 31.2 Å². The lowest BCUT2D eigenvalue weighted by Gasteiger charge is -2.29. The quantitative estimate of drug-likeness (QED) is 0.798. The molecule has 2 aromatic rings. The summed E-state index contributed by atoms with van der Waals surface area (Å²) in [5, 5.41) is 10.5. The SMILES string of the molecule is OC1(c2cc3nccnc3o2)CCCCC1. The van der Waals surface area contributed by atoms with Crippen molar-refractivity contribution in [2.24, 2.45) is 0 Å². The average Bonchev–Trinajstić information content (AvgIpc) is 2.74. The Labute approximate surface area is 93.3 Å². The zero-order chi connectivity index (χ0) is 11.0. The molecule has 0 spiro atoms. The second-order valence-electron chi connectivity index (χ2n) is 4.45. The van der Waals surface area contributed by atoms with Crippen molar-refractivity contribution in [2.45, 2.75) is 37.7 Å². The predicted octanol–water partition coefficient (Wildman–Crippen LogP) is 2.37. The van der Waals surface area contributed by atoms with Gasteiger partial charge in [0.25, 0.3) is 0 Å². The Hall–Kier alpha value is -1.42. The van der Waals surface area contributed by atoms with Crippen molar-refractivity contribution < 1.29 is 9.52 Å². The molecule has 1 saturated carbocycles. The summed E-state index contributed by atoms with van der Waals surface area (Å²) < 4.78 is 5.59. The molecule has 2 heterocycles. The summed E-state index contributed by atoms with van der Waals surface area (Å²) in [6.45, 7) is 0. The molecule has 1 aliphatic rings. The summed E-state index contributed by atoms with van der Waals surface area (Å²) in [5.74, 6) is 0.619. The van der Waals surface area contributed by atoms with E-state index in [0.29, 0.717) is 11.5 Å². The van der Waals surface area contributed by atoms with Crippen molar-refractivity contribution in [2.75, 3.05) is 0 Å². The zero-order valence-electron chi connectivity index (χ0n) is 9.02. The van der Waals surface area contributed by atoms with Crippen molar-refractivity contribution in [3.05, 3.63) is 24.2 Å². The summed E-state index contributed by atoms with van der Waals surface area (Å²) >= 11 is 0. The molecule has 0 atom stereocenters. The van der Waals surface area contributed by atoms with Gasteiger partial charge in [-0.2, -0.15) is 0 Å². The monoisotopic (exact) mass is 218 g/mol. The van der Waals surface area contributed by atoms with Gasteiger partial charge in [-0.05, 0) is 12.8 Å². The van der Waals surface area contributed by atoms with Crippen LogP contribution in [0.2, 0.25) is 0 Å². The van der Waals surface area contributed by atoms with E-state index in [1.165, 1.54) is 6.42 Å². The van der Waals surface area contributed by atoms with E-state index >= 15 is 0 Å². The lowest BCUT2D eigenvalue weighted by molar-refractivity contribution is -0.0187. The molecule has 0 bridgehead atoms. The minimum Gasteiger partial charge on any atom is -0.438 e. The Kier molecular flexibility index (Phi) is 2.17. The minimum absolute atomic E-state index is 0.511. The highest BCUT2D eigenvalue weighted by atomic mass is 16.4. The summed E-state index contributed by atoms with van der Waals surface area (Å²) in [6, 6.07) is 1.81. The number of fused-ring (bicyclic) bond motifs is 1. The molecule has 0 unspecified atom stereocenters. The number of hydrogen-bond donors (Lipinski definition) is 1.